The Balaban J connectivity index is 2.32. The number of hydrogen-bond donors (Lipinski definition) is 1. The van der Waals surface area contributed by atoms with Crippen LogP contribution in [-0.4, -0.2) is 10.1 Å². The molecule has 0 bridgehead atoms. The zero-order chi connectivity index (χ0) is 11.5. The van der Waals surface area contributed by atoms with Crippen molar-refractivity contribution >= 4 is 10.9 Å². The lowest BCUT2D eigenvalue weighted by atomic mass is 9.99. The maximum atomic E-state index is 10.0. The van der Waals surface area contributed by atoms with Gasteiger partial charge in [-0.25, -0.2) is 0 Å². The number of fused-ring (bicyclic) bond motifs is 1. The fourth-order valence-corrected chi connectivity index (χ4v) is 1.87. The SMILES string of the molecule is CC(C)CC(O)c1ccc2cccnc2c1. The van der Waals surface area contributed by atoms with Crippen LogP contribution in [-0.2, 0) is 0 Å². The van der Waals surface area contributed by atoms with E-state index in [1.807, 2.05) is 30.3 Å². The molecule has 1 heterocycles. The van der Waals surface area contributed by atoms with Crippen LogP contribution >= 0.6 is 0 Å². The van der Waals surface area contributed by atoms with E-state index in [9.17, 15) is 5.11 Å². The third-order valence-corrected chi connectivity index (χ3v) is 2.71. The Morgan fingerprint density at radius 3 is 2.81 bits per heavy atom. The minimum absolute atomic E-state index is 0.383. The summed E-state index contributed by atoms with van der Waals surface area (Å²) in [5.74, 6) is 0.495. The molecule has 0 amide bonds. The molecule has 0 aliphatic rings. The molecule has 0 saturated heterocycles. The molecule has 1 aromatic heterocycles. The number of pyridine rings is 1. The molecular weight excluding hydrogens is 198 g/mol. The molecule has 16 heavy (non-hydrogen) atoms. The van der Waals surface area contributed by atoms with Crippen LogP contribution in [0.4, 0.5) is 0 Å². The van der Waals surface area contributed by atoms with Crippen LogP contribution in [0.3, 0.4) is 0 Å². The van der Waals surface area contributed by atoms with Crippen LogP contribution in [0.1, 0.15) is 31.9 Å². The fraction of sp³-hybridized carbons (Fsp3) is 0.357. The molecule has 1 unspecified atom stereocenters. The summed E-state index contributed by atoms with van der Waals surface area (Å²) in [5, 5.41) is 11.1. The Hall–Kier alpha value is -1.41. The highest BCUT2D eigenvalue weighted by Crippen LogP contribution is 2.23. The van der Waals surface area contributed by atoms with Crippen molar-refractivity contribution in [3.63, 3.8) is 0 Å². The van der Waals surface area contributed by atoms with Gasteiger partial charge in [-0.3, -0.25) is 4.98 Å². The third kappa shape index (κ3) is 2.39. The van der Waals surface area contributed by atoms with E-state index in [0.29, 0.717) is 5.92 Å². The molecule has 2 nitrogen and oxygen atoms in total. The molecule has 0 aliphatic carbocycles. The lowest BCUT2D eigenvalue weighted by molar-refractivity contribution is 0.151. The maximum absolute atomic E-state index is 10.0. The average molecular weight is 215 g/mol. The van der Waals surface area contributed by atoms with Gasteiger partial charge in [-0.1, -0.05) is 32.0 Å². The predicted octanol–water partition coefficient (Wildman–Crippen LogP) is 3.31. The van der Waals surface area contributed by atoms with Gasteiger partial charge >= 0.3 is 0 Å². The zero-order valence-electron chi connectivity index (χ0n) is 9.72. The summed E-state index contributed by atoms with van der Waals surface area (Å²) in [6, 6.07) is 9.92. The van der Waals surface area contributed by atoms with Gasteiger partial charge in [0.25, 0.3) is 0 Å². The fourth-order valence-electron chi connectivity index (χ4n) is 1.87. The van der Waals surface area contributed by atoms with E-state index >= 15 is 0 Å². The van der Waals surface area contributed by atoms with E-state index in [2.05, 4.69) is 18.8 Å². The topological polar surface area (TPSA) is 33.1 Å². The van der Waals surface area contributed by atoms with E-state index in [1.54, 1.807) is 6.20 Å². The molecule has 0 aliphatic heterocycles. The number of aromatic nitrogens is 1. The number of aliphatic hydroxyl groups excluding tert-OH is 1. The molecule has 84 valence electrons. The van der Waals surface area contributed by atoms with Gasteiger partial charge in [-0.05, 0) is 30.0 Å². The quantitative estimate of drug-likeness (QED) is 0.852. The van der Waals surface area contributed by atoms with Gasteiger partial charge in [0.1, 0.15) is 0 Å². The Bertz CT molecular complexity index is 479. The van der Waals surface area contributed by atoms with Crippen molar-refractivity contribution in [2.45, 2.75) is 26.4 Å². The Labute approximate surface area is 96.0 Å². The lowest BCUT2D eigenvalue weighted by Crippen LogP contribution is -2.01. The minimum atomic E-state index is -0.383. The van der Waals surface area contributed by atoms with E-state index < -0.39 is 0 Å². The lowest BCUT2D eigenvalue weighted by Gasteiger charge is -2.13. The molecule has 1 atom stereocenters. The highest BCUT2D eigenvalue weighted by Gasteiger charge is 2.10. The zero-order valence-corrected chi connectivity index (χ0v) is 9.72. The first kappa shape index (κ1) is 11.1. The molecule has 2 heteroatoms. The highest BCUT2D eigenvalue weighted by atomic mass is 16.3. The monoisotopic (exact) mass is 215 g/mol. The standard InChI is InChI=1S/C14H17NO/c1-10(2)8-14(16)12-6-5-11-4-3-7-15-13(11)9-12/h3-7,9-10,14,16H,8H2,1-2H3. The van der Waals surface area contributed by atoms with Crippen molar-refractivity contribution < 1.29 is 5.11 Å². The van der Waals surface area contributed by atoms with Crippen LogP contribution < -0.4 is 0 Å². The second-order valence-electron chi connectivity index (χ2n) is 4.60. The van der Waals surface area contributed by atoms with Gasteiger partial charge in [0.05, 0.1) is 11.6 Å². The van der Waals surface area contributed by atoms with Crippen molar-refractivity contribution in [3.8, 4) is 0 Å². The molecule has 0 radical (unpaired) electrons. The second-order valence-corrected chi connectivity index (χ2v) is 4.60. The molecule has 0 fully saturated rings. The Morgan fingerprint density at radius 2 is 2.06 bits per heavy atom. The van der Waals surface area contributed by atoms with E-state index in [4.69, 9.17) is 0 Å². The average Bonchev–Trinajstić information content (AvgIpc) is 2.27. The van der Waals surface area contributed by atoms with Gasteiger partial charge in [0, 0.05) is 11.6 Å². The van der Waals surface area contributed by atoms with Crippen molar-refractivity contribution in [3.05, 3.63) is 42.1 Å². The van der Waals surface area contributed by atoms with E-state index in [-0.39, 0.29) is 6.10 Å². The number of aliphatic hydroxyl groups is 1. The summed E-state index contributed by atoms with van der Waals surface area (Å²) in [5.41, 5.74) is 1.91. The van der Waals surface area contributed by atoms with E-state index in [1.165, 1.54) is 0 Å². The van der Waals surface area contributed by atoms with E-state index in [0.717, 1.165) is 22.9 Å². The largest absolute Gasteiger partial charge is 0.388 e. The smallest absolute Gasteiger partial charge is 0.0793 e. The summed E-state index contributed by atoms with van der Waals surface area (Å²) >= 11 is 0. The molecule has 2 aromatic rings. The Morgan fingerprint density at radius 1 is 1.25 bits per heavy atom. The minimum Gasteiger partial charge on any atom is -0.388 e. The van der Waals surface area contributed by atoms with Crippen LogP contribution in [0.15, 0.2) is 36.5 Å². The second kappa shape index (κ2) is 4.62. The van der Waals surface area contributed by atoms with Crippen LogP contribution in [0.2, 0.25) is 0 Å². The number of hydrogen-bond acceptors (Lipinski definition) is 2. The van der Waals surface area contributed by atoms with Crippen molar-refractivity contribution in [1.29, 1.82) is 0 Å². The summed E-state index contributed by atoms with van der Waals surface area (Å²) in [7, 11) is 0. The first-order valence-electron chi connectivity index (χ1n) is 5.69. The van der Waals surface area contributed by atoms with Gasteiger partial charge in [-0.15, -0.1) is 0 Å². The first-order chi connectivity index (χ1) is 7.66. The summed E-state index contributed by atoms with van der Waals surface area (Å²) in [6.07, 6.45) is 2.19. The van der Waals surface area contributed by atoms with Gasteiger partial charge in [0.2, 0.25) is 0 Å². The summed E-state index contributed by atoms with van der Waals surface area (Å²) in [4.78, 5) is 4.29. The molecular formula is C14H17NO. The predicted molar refractivity (Wildman–Crippen MR) is 66.2 cm³/mol. The molecule has 0 spiro atoms. The van der Waals surface area contributed by atoms with Gasteiger partial charge in [0.15, 0.2) is 0 Å². The van der Waals surface area contributed by atoms with Crippen LogP contribution in [0.25, 0.3) is 10.9 Å². The maximum Gasteiger partial charge on any atom is 0.0793 e. The van der Waals surface area contributed by atoms with Crippen LogP contribution in [0.5, 0.6) is 0 Å². The Kier molecular flexibility index (Phi) is 3.20. The summed E-state index contributed by atoms with van der Waals surface area (Å²) in [6.45, 7) is 4.23. The van der Waals surface area contributed by atoms with Crippen molar-refractivity contribution in [2.75, 3.05) is 0 Å². The van der Waals surface area contributed by atoms with Crippen molar-refractivity contribution in [2.24, 2.45) is 5.92 Å². The number of rotatable bonds is 3. The molecule has 1 aromatic carbocycles. The number of nitrogens with zero attached hydrogens (tertiary/aromatic N) is 1. The third-order valence-electron chi connectivity index (χ3n) is 2.71. The van der Waals surface area contributed by atoms with Gasteiger partial charge < -0.3 is 5.11 Å². The first-order valence-corrected chi connectivity index (χ1v) is 5.69. The van der Waals surface area contributed by atoms with Gasteiger partial charge in [-0.2, -0.15) is 0 Å². The summed E-state index contributed by atoms with van der Waals surface area (Å²) < 4.78 is 0. The van der Waals surface area contributed by atoms with Crippen molar-refractivity contribution in [1.82, 2.24) is 4.98 Å². The molecule has 0 saturated carbocycles. The molecule has 2 rings (SSSR count). The number of benzene rings is 1. The normalized spacial score (nSPS) is 13.2. The molecule has 1 N–H and O–H groups in total. The highest BCUT2D eigenvalue weighted by molar-refractivity contribution is 5.78. The van der Waals surface area contributed by atoms with Crippen LogP contribution in [0, 0.1) is 5.92 Å².